The van der Waals surface area contributed by atoms with Crippen molar-refractivity contribution in [3.05, 3.63) is 30.5 Å². The van der Waals surface area contributed by atoms with Crippen LogP contribution in [0.2, 0.25) is 0 Å². The fraction of sp³-hybridized carbons (Fsp3) is 0.438. The predicted octanol–water partition coefficient (Wildman–Crippen LogP) is 3.27. The van der Waals surface area contributed by atoms with Crippen LogP contribution in [0, 0.1) is 0 Å². The summed E-state index contributed by atoms with van der Waals surface area (Å²) in [6.07, 6.45) is -2.45. The number of H-pyrrole nitrogens is 1. The Kier molecular flexibility index (Phi) is 4.40. The zero-order valence-corrected chi connectivity index (χ0v) is 13.2. The topological polar surface area (TPSA) is 51.4 Å². The molecule has 130 valence electrons. The van der Waals surface area contributed by atoms with Crippen LogP contribution in [0.3, 0.4) is 0 Å². The molecular formula is C16H19F3N4O. The molecule has 24 heavy (non-hydrogen) atoms. The number of urea groups is 1. The highest BCUT2D eigenvalue weighted by Crippen LogP contribution is 2.26. The molecule has 0 unspecified atom stereocenters. The maximum atomic E-state index is 12.8. The van der Waals surface area contributed by atoms with Gasteiger partial charge >= 0.3 is 12.2 Å². The number of nitrogens with one attached hydrogen (secondary N) is 2. The average Bonchev–Trinajstić information content (AvgIpc) is 3.03. The molecule has 2 N–H and O–H groups in total. The van der Waals surface area contributed by atoms with Gasteiger partial charge in [-0.15, -0.1) is 0 Å². The van der Waals surface area contributed by atoms with Gasteiger partial charge in [0.05, 0.1) is 5.69 Å². The Morgan fingerprint density at radius 3 is 2.58 bits per heavy atom. The van der Waals surface area contributed by atoms with Crippen LogP contribution in [-0.4, -0.2) is 59.2 Å². The molecule has 1 aliphatic rings. The summed E-state index contributed by atoms with van der Waals surface area (Å²) in [7, 11) is 0. The van der Waals surface area contributed by atoms with E-state index in [9.17, 15) is 18.0 Å². The van der Waals surface area contributed by atoms with Crippen LogP contribution in [-0.2, 0) is 0 Å². The number of alkyl halides is 3. The van der Waals surface area contributed by atoms with Gasteiger partial charge in [-0.3, -0.25) is 4.90 Å². The molecule has 1 atom stereocenters. The summed E-state index contributed by atoms with van der Waals surface area (Å²) in [5, 5.41) is 3.74. The van der Waals surface area contributed by atoms with Crippen molar-refractivity contribution in [1.82, 2.24) is 14.8 Å². The molecule has 1 saturated heterocycles. The molecule has 1 aromatic carbocycles. The minimum Gasteiger partial charge on any atom is -0.361 e. The Morgan fingerprint density at radius 1 is 1.21 bits per heavy atom. The zero-order valence-electron chi connectivity index (χ0n) is 13.2. The number of fused-ring (bicyclic) bond motifs is 1. The van der Waals surface area contributed by atoms with Gasteiger partial charge in [-0.1, -0.05) is 6.07 Å². The molecule has 1 fully saturated rings. The lowest BCUT2D eigenvalue weighted by atomic mass is 10.2. The van der Waals surface area contributed by atoms with Crippen molar-refractivity contribution in [1.29, 1.82) is 0 Å². The highest BCUT2D eigenvalue weighted by molar-refractivity contribution is 6.00. The number of rotatable bonds is 2. The molecule has 0 bridgehead atoms. The number of hydrogen-bond donors (Lipinski definition) is 2. The largest absolute Gasteiger partial charge is 0.403 e. The summed E-state index contributed by atoms with van der Waals surface area (Å²) in [6.45, 7) is 2.12. The average molecular weight is 340 g/mol. The van der Waals surface area contributed by atoms with E-state index in [1.54, 1.807) is 17.2 Å². The maximum Gasteiger partial charge on any atom is 0.403 e. The number of amides is 2. The van der Waals surface area contributed by atoms with Crippen molar-refractivity contribution >= 4 is 22.6 Å². The van der Waals surface area contributed by atoms with Gasteiger partial charge in [-0.2, -0.15) is 13.2 Å². The molecular weight excluding hydrogens is 321 g/mol. The van der Waals surface area contributed by atoms with Crippen LogP contribution in [0.1, 0.15) is 6.92 Å². The van der Waals surface area contributed by atoms with Gasteiger partial charge in [0.1, 0.15) is 6.04 Å². The van der Waals surface area contributed by atoms with E-state index in [4.69, 9.17) is 0 Å². The number of carbonyl (C=O) groups is 1. The second-order valence-electron chi connectivity index (χ2n) is 5.92. The molecule has 3 rings (SSSR count). The molecule has 0 spiro atoms. The standard InChI is InChI=1S/C16H19F3N4O/c1-11(16(17,18)19)22-7-9-23(10-8-22)15(24)21-14-4-2-3-13-12(14)5-6-20-13/h2-6,11,20H,7-10H2,1H3,(H,21,24)/t11-/m1/s1. The summed E-state index contributed by atoms with van der Waals surface area (Å²) in [5.41, 5.74) is 1.60. The van der Waals surface area contributed by atoms with Crippen LogP contribution in [0.25, 0.3) is 10.9 Å². The Labute approximate surface area is 137 Å². The number of piperazine rings is 1. The summed E-state index contributed by atoms with van der Waals surface area (Å²) in [6, 6.07) is 5.63. The Bertz CT molecular complexity index is 719. The van der Waals surface area contributed by atoms with Gasteiger partial charge in [-0.25, -0.2) is 4.79 Å². The molecule has 2 aromatic rings. The number of carbonyl (C=O) groups excluding carboxylic acids is 1. The number of benzene rings is 1. The Balaban J connectivity index is 1.61. The molecule has 2 amide bonds. The number of nitrogens with zero attached hydrogens (tertiary/aromatic N) is 2. The third-order valence-corrected chi connectivity index (χ3v) is 4.46. The Morgan fingerprint density at radius 2 is 1.92 bits per heavy atom. The van der Waals surface area contributed by atoms with Crippen LogP contribution in [0.15, 0.2) is 30.5 Å². The Hall–Kier alpha value is -2.22. The van der Waals surface area contributed by atoms with Crippen molar-refractivity contribution < 1.29 is 18.0 Å². The molecule has 2 heterocycles. The number of aromatic nitrogens is 1. The van der Waals surface area contributed by atoms with E-state index in [0.29, 0.717) is 5.69 Å². The summed E-state index contributed by atoms with van der Waals surface area (Å²) in [5.74, 6) is 0. The van der Waals surface area contributed by atoms with Gasteiger partial charge in [-0.05, 0) is 25.1 Å². The molecule has 1 aromatic heterocycles. The molecule has 8 heteroatoms. The van der Waals surface area contributed by atoms with Crippen LogP contribution in [0.4, 0.5) is 23.7 Å². The second kappa shape index (κ2) is 6.35. The highest BCUT2D eigenvalue weighted by Gasteiger charge is 2.41. The fourth-order valence-corrected chi connectivity index (χ4v) is 2.91. The number of anilines is 1. The number of aromatic amines is 1. The van der Waals surface area contributed by atoms with E-state index >= 15 is 0 Å². The van der Waals surface area contributed by atoms with E-state index in [0.717, 1.165) is 17.8 Å². The van der Waals surface area contributed by atoms with Crippen molar-refractivity contribution in [2.45, 2.75) is 19.1 Å². The third kappa shape index (κ3) is 3.33. The first-order valence-electron chi connectivity index (χ1n) is 7.79. The molecule has 1 aliphatic heterocycles. The summed E-state index contributed by atoms with van der Waals surface area (Å²) in [4.78, 5) is 18.3. The van der Waals surface area contributed by atoms with Crippen LogP contribution in [0.5, 0.6) is 0 Å². The highest BCUT2D eigenvalue weighted by atomic mass is 19.4. The van der Waals surface area contributed by atoms with Gasteiger partial charge < -0.3 is 15.2 Å². The van der Waals surface area contributed by atoms with Gasteiger partial charge in [0.25, 0.3) is 0 Å². The second-order valence-corrected chi connectivity index (χ2v) is 5.92. The van der Waals surface area contributed by atoms with E-state index in [-0.39, 0.29) is 32.2 Å². The van der Waals surface area contributed by atoms with Crippen molar-refractivity contribution in [3.63, 3.8) is 0 Å². The first-order chi connectivity index (χ1) is 11.4. The first kappa shape index (κ1) is 16.6. The summed E-state index contributed by atoms with van der Waals surface area (Å²) < 4.78 is 38.3. The quantitative estimate of drug-likeness (QED) is 0.882. The smallest absolute Gasteiger partial charge is 0.361 e. The van der Waals surface area contributed by atoms with E-state index in [1.165, 1.54) is 4.90 Å². The molecule has 0 aliphatic carbocycles. The van der Waals surface area contributed by atoms with Crippen LogP contribution < -0.4 is 5.32 Å². The molecule has 0 radical (unpaired) electrons. The monoisotopic (exact) mass is 340 g/mol. The summed E-state index contributed by atoms with van der Waals surface area (Å²) >= 11 is 0. The first-order valence-corrected chi connectivity index (χ1v) is 7.79. The number of hydrogen-bond acceptors (Lipinski definition) is 2. The van der Waals surface area contributed by atoms with Crippen molar-refractivity contribution in [3.8, 4) is 0 Å². The minimum absolute atomic E-state index is 0.211. The maximum absolute atomic E-state index is 12.8. The number of halogens is 3. The minimum atomic E-state index is -4.24. The van der Waals surface area contributed by atoms with Gasteiger partial charge in [0.15, 0.2) is 0 Å². The molecule has 5 nitrogen and oxygen atoms in total. The SMILES string of the molecule is C[C@@H](N1CCN(C(=O)Nc2cccc3[nH]ccc23)CC1)C(F)(F)F. The van der Waals surface area contributed by atoms with Gasteiger partial charge in [0, 0.05) is 43.3 Å². The zero-order chi connectivity index (χ0) is 17.3. The van der Waals surface area contributed by atoms with E-state index in [1.807, 2.05) is 18.2 Å². The van der Waals surface area contributed by atoms with Gasteiger partial charge in [0.2, 0.25) is 0 Å². The lowest BCUT2D eigenvalue weighted by molar-refractivity contribution is -0.181. The van der Waals surface area contributed by atoms with E-state index < -0.39 is 12.2 Å². The van der Waals surface area contributed by atoms with E-state index in [2.05, 4.69) is 10.3 Å². The third-order valence-electron chi connectivity index (χ3n) is 4.46. The van der Waals surface area contributed by atoms with Crippen LogP contribution >= 0.6 is 0 Å². The normalized spacial score (nSPS) is 17.9. The molecule has 0 saturated carbocycles. The van der Waals surface area contributed by atoms with Crippen molar-refractivity contribution in [2.75, 3.05) is 31.5 Å². The lowest BCUT2D eigenvalue weighted by Gasteiger charge is -2.38. The van der Waals surface area contributed by atoms with Crippen molar-refractivity contribution in [2.24, 2.45) is 0 Å². The predicted molar refractivity (Wildman–Crippen MR) is 86.0 cm³/mol. The lowest BCUT2D eigenvalue weighted by Crippen LogP contribution is -2.55. The fourth-order valence-electron chi connectivity index (χ4n) is 2.91.